The largest absolute Gasteiger partial charge is 0.332 e. The fourth-order valence-electron chi connectivity index (χ4n) is 3.44. The molecule has 0 spiro atoms. The van der Waals surface area contributed by atoms with Gasteiger partial charge in [-0.3, -0.25) is 14.9 Å². The Balaban J connectivity index is 1.48. The fraction of sp³-hybridized carbons (Fsp3) is 0.381. The molecule has 0 radical (unpaired) electrons. The predicted molar refractivity (Wildman–Crippen MR) is 103 cm³/mol. The highest BCUT2D eigenvalue weighted by molar-refractivity contribution is 6.00. The molecule has 4 rings (SSSR count). The summed E-state index contributed by atoms with van der Waals surface area (Å²) in [4.78, 5) is 34.0. The van der Waals surface area contributed by atoms with Gasteiger partial charge in [-0.25, -0.2) is 18.7 Å². The van der Waals surface area contributed by atoms with Crippen molar-refractivity contribution in [3.05, 3.63) is 52.6 Å². The normalized spacial score (nSPS) is 19.7. The lowest BCUT2D eigenvalue weighted by atomic mass is 9.96. The van der Waals surface area contributed by atoms with Crippen LogP contribution in [0.15, 0.2) is 24.5 Å². The van der Waals surface area contributed by atoms with Crippen LogP contribution in [0.5, 0.6) is 0 Å². The van der Waals surface area contributed by atoms with Crippen molar-refractivity contribution in [1.29, 1.82) is 5.26 Å². The molecule has 2 aliphatic carbocycles. The Morgan fingerprint density at radius 2 is 1.97 bits per heavy atom. The van der Waals surface area contributed by atoms with Gasteiger partial charge in [-0.05, 0) is 36.8 Å². The van der Waals surface area contributed by atoms with Crippen LogP contribution in [0.3, 0.4) is 0 Å². The van der Waals surface area contributed by atoms with Crippen LogP contribution in [0, 0.1) is 17.1 Å². The molecule has 154 valence electrons. The van der Waals surface area contributed by atoms with Crippen molar-refractivity contribution in [3.8, 4) is 6.07 Å². The minimum atomic E-state index is -1.15. The van der Waals surface area contributed by atoms with Crippen LogP contribution in [-0.4, -0.2) is 46.4 Å². The molecule has 1 aromatic heterocycles. The average molecular weight is 411 g/mol. The fourth-order valence-corrected chi connectivity index (χ4v) is 3.44. The molecule has 1 aromatic carbocycles. The Morgan fingerprint density at radius 1 is 1.30 bits per heavy atom. The monoisotopic (exact) mass is 411 g/mol. The van der Waals surface area contributed by atoms with Gasteiger partial charge in [0, 0.05) is 24.1 Å². The van der Waals surface area contributed by atoms with Crippen molar-refractivity contribution in [2.45, 2.75) is 37.3 Å². The van der Waals surface area contributed by atoms with E-state index in [1.165, 1.54) is 25.5 Å². The Bertz CT molecular complexity index is 1050. The molecule has 9 heteroatoms. The van der Waals surface area contributed by atoms with Crippen molar-refractivity contribution in [3.63, 3.8) is 0 Å². The van der Waals surface area contributed by atoms with E-state index in [9.17, 15) is 14.0 Å². The second-order valence-electron chi connectivity index (χ2n) is 7.68. The molecule has 2 fully saturated rings. The number of rotatable bonds is 6. The topological polar surface area (TPSA) is 99.0 Å². The zero-order valence-electron chi connectivity index (χ0n) is 16.2. The van der Waals surface area contributed by atoms with Crippen LogP contribution in [0.1, 0.15) is 58.1 Å². The number of hydrogen-bond donors (Lipinski definition) is 1. The van der Waals surface area contributed by atoms with Crippen LogP contribution in [0.4, 0.5) is 14.7 Å². The molecule has 2 aromatic rings. The molecule has 0 bridgehead atoms. The maximum absolute atomic E-state index is 15.1. The van der Waals surface area contributed by atoms with Gasteiger partial charge in [-0.1, -0.05) is 6.07 Å². The van der Waals surface area contributed by atoms with Gasteiger partial charge < -0.3 is 4.90 Å². The third-order valence-electron chi connectivity index (χ3n) is 5.30. The predicted octanol–water partition coefficient (Wildman–Crippen LogP) is 2.90. The van der Waals surface area contributed by atoms with Crippen molar-refractivity contribution in [2.24, 2.45) is 0 Å². The number of amides is 2. The van der Waals surface area contributed by atoms with Gasteiger partial charge in [-0.2, -0.15) is 5.26 Å². The lowest BCUT2D eigenvalue weighted by Gasteiger charge is -2.20. The van der Waals surface area contributed by atoms with Gasteiger partial charge >= 0.3 is 0 Å². The Labute approximate surface area is 171 Å². The second kappa shape index (κ2) is 7.78. The molecule has 2 aliphatic rings. The van der Waals surface area contributed by atoms with E-state index in [4.69, 9.17) is 5.26 Å². The molecule has 7 nitrogen and oxygen atoms in total. The molecule has 30 heavy (non-hydrogen) atoms. The first-order chi connectivity index (χ1) is 14.4. The summed E-state index contributed by atoms with van der Waals surface area (Å²) in [5.41, 5.74) is 1.00. The van der Waals surface area contributed by atoms with Gasteiger partial charge in [-0.15, -0.1) is 0 Å². The molecule has 0 aliphatic heterocycles. The van der Waals surface area contributed by atoms with Crippen LogP contribution in [0.25, 0.3) is 0 Å². The summed E-state index contributed by atoms with van der Waals surface area (Å²) >= 11 is 0. The lowest BCUT2D eigenvalue weighted by Crippen LogP contribution is -2.35. The highest BCUT2D eigenvalue weighted by Crippen LogP contribution is 2.49. The molecular formula is C21H19F2N5O2. The summed E-state index contributed by atoms with van der Waals surface area (Å²) < 4.78 is 28.8. The Morgan fingerprint density at radius 3 is 2.53 bits per heavy atom. The number of carbonyl (C=O) groups excluding carboxylic acids is 2. The van der Waals surface area contributed by atoms with Crippen LogP contribution in [0.2, 0.25) is 0 Å². The number of hydrogen-bond acceptors (Lipinski definition) is 5. The summed E-state index contributed by atoms with van der Waals surface area (Å²) in [6, 6.07) is 5.00. The molecule has 2 atom stereocenters. The van der Waals surface area contributed by atoms with Gasteiger partial charge in [0.1, 0.15) is 18.1 Å². The summed E-state index contributed by atoms with van der Waals surface area (Å²) in [5, 5.41) is 11.2. The standard InChI is InChI=1S/C21H19F2N5O2/c1-28(10-17(29)27-21-25-8-11(7-24)9-26-21)20(30)14-5-4-13(12-2-3-12)19(23)18(14)15-6-16(15)22/h4-5,8-9,12,15-16H,2-3,6,10H2,1H3,(H,25,26,27,29)/t15?,16-/m1/s1. The minimum absolute atomic E-state index is 0.00128. The first-order valence-corrected chi connectivity index (χ1v) is 9.62. The number of halogens is 2. The quantitative estimate of drug-likeness (QED) is 0.788. The minimum Gasteiger partial charge on any atom is -0.332 e. The molecular weight excluding hydrogens is 392 g/mol. The van der Waals surface area contributed by atoms with E-state index in [2.05, 4.69) is 15.3 Å². The van der Waals surface area contributed by atoms with Gasteiger partial charge in [0.2, 0.25) is 11.9 Å². The number of anilines is 1. The van der Waals surface area contributed by atoms with Crippen molar-refractivity contribution >= 4 is 17.8 Å². The van der Waals surface area contributed by atoms with Crippen molar-refractivity contribution in [2.75, 3.05) is 18.9 Å². The SMILES string of the molecule is CN(CC(=O)Nc1ncc(C#N)cn1)C(=O)c1ccc(C2CC2)c(F)c1C1C[C@H]1F. The smallest absolute Gasteiger partial charge is 0.254 e. The van der Waals surface area contributed by atoms with Gasteiger partial charge in [0.05, 0.1) is 24.5 Å². The van der Waals surface area contributed by atoms with E-state index in [1.807, 2.05) is 6.07 Å². The Hall–Kier alpha value is -3.41. The molecule has 1 N–H and O–H groups in total. The maximum Gasteiger partial charge on any atom is 0.254 e. The first-order valence-electron chi connectivity index (χ1n) is 9.62. The van der Waals surface area contributed by atoms with Crippen LogP contribution >= 0.6 is 0 Å². The molecule has 0 saturated heterocycles. The molecule has 2 amide bonds. The molecule has 1 unspecified atom stereocenters. The van der Waals surface area contributed by atoms with E-state index in [0.29, 0.717) is 5.56 Å². The molecule has 1 heterocycles. The highest BCUT2D eigenvalue weighted by Gasteiger charge is 2.44. The number of benzene rings is 1. The second-order valence-corrected chi connectivity index (χ2v) is 7.68. The molecule has 2 saturated carbocycles. The first kappa shape index (κ1) is 19.9. The van der Waals surface area contributed by atoms with Gasteiger partial charge in [0.15, 0.2) is 0 Å². The number of aromatic nitrogens is 2. The number of nitrogens with one attached hydrogen (secondary N) is 1. The number of nitriles is 1. The third-order valence-corrected chi connectivity index (χ3v) is 5.30. The highest BCUT2D eigenvalue weighted by atomic mass is 19.1. The Kier molecular flexibility index (Phi) is 5.16. The number of carbonyl (C=O) groups is 2. The van der Waals surface area contributed by atoms with E-state index in [1.54, 1.807) is 6.07 Å². The van der Waals surface area contributed by atoms with Crippen LogP contribution in [-0.2, 0) is 4.79 Å². The number of nitrogens with zero attached hydrogens (tertiary/aromatic N) is 4. The van der Waals surface area contributed by atoms with E-state index in [0.717, 1.165) is 17.7 Å². The summed E-state index contributed by atoms with van der Waals surface area (Å²) in [6.45, 7) is -0.322. The summed E-state index contributed by atoms with van der Waals surface area (Å²) in [5.74, 6) is -2.07. The number of likely N-dealkylation sites (N-methyl/N-ethyl adjacent to an activating group) is 1. The van der Waals surface area contributed by atoms with Gasteiger partial charge in [0.25, 0.3) is 5.91 Å². The maximum atomic E-state index is 15.1. The average Bonchev–Trinajstić information content (AvgIpc) is 3.65. The zero-order chi connectivity index (χ0) is 21.4. The van der Waals surface area contributed by atoms with E-state index >= 15 is 4.39 Å². The zero-order valence-corrected chi connectivity index (χ0v) is 16.2. The summed E-state index contributed by atoms with van der Waals surface area (Å²) in [6.07, 6.45) is 3.36. The van der Waals surface area contributed by atoms with E-state index in [-0.39, 0.29) is 41.5 Å². The van der Waals surface area contributed by atoms with Crippen LogP contribution < -0.4 is 5.32 Å². The number of alkyl halides is 1. The van der Waals surface area contributed by atoms with E-state index < -0.39 is 29.7 Å². The van der Waals surface area contributed by atoms with Crippen molar-refractivity contribution in [1.82, 2.24) is 14.9 Å². The van der Waals surface area contributed by atoms with Crippen molar-refractivity contribution < 1.29 is 18.4 Å². The third kappa shape index (κ3) is 3.99. The summed E-state index contributed by atoms with van der Waals surface area (Å²) in [7, 11) is 1.41. The lowest BCUT2D eigenvalue weighted by molar-refractivity contribution is -0.116.